The Labute approximate surface area is 124 Å². The van der Waals surface area contributed by atoms with Gasteiger partial charge in [-0.3, -0.25) is 4.79 Å². The van der Waals surface area contributed by atoms with Gasteiger partial charge in [0.05, 0.1) is 4.47 Å². The van der Waals surface area contributed by atoms with Crippen LogP contribution in [0, 0.1) is 37.9 Å². The summed E-state index contributed by atoms with van der Waals surface area (Å²) in [7, 11) is 0. The molecule has 0 saturated heterocycles. The number of nitrogens with zero attached hydrogens (tertiary/aromatic N) is 1. The lowest BCUT2D eigenvalue weighted by Gasteiger charge is -2.14. The van der Waals surface area contributed by atoms with Gasteiger partial charge in [0.1, 0.15) is 17.4 Å². The van der Waals surface area contributed by atoms with Gasteiger partial charge in [-0.15, -0.1) is 0 Å². The number of aromatic nitrogens is 1. The maximum Gasteiger partial charge on any atom is 0.266 e. The Balaban J connectivity index is 2.93. The van der Waals surface area contributed by atoms with E-state index in [4.69, 9.17) is 0 Å². The van der Waals surface area contributed by atoms with Crippen molar-refractivity contribution in [3.05, 3.63) is 55.2 Å². The Morgan fingerprint density at radius 3 is 2.55 bits per heavy atom. The first-order valence-corrected chi connectivity index (χ1v) is 6.75. The standard InChI is InChI=1S/C15H12BrFN2O/c1-7-4-12(17)14(16)9(3)13(7)10-5-8(2)19-15(20)11(10)6-18/h4-5H,1-3H3,(H,19,20). The second-order valence-electron chi connectivity index (χ2n) is 4.67. The van der Waals surface area contributed by atoms with Crippen LogP contribution in [0.1, 0.15) is 22.4 Å². The lowest BCUT2D eigenvalue weighted by molar-refractivity contribution is 0.618. The smallest absolute Gasteiger partial charge is 0.266 e. The summed E-state index contributed by atoms with van der Waals surface area (Å²) in [6.45, 7) is 5.26. The molecule has 2 aromatic rings. The van der Waals surface area contributed by atoms with Gasteiger partial charge in [-0.25, -0.2) is 4.39 Å². The number of pyridine rings is 1. The molecule has 2 rings (SSSR count). The summed E-state index contributed by atoms with van der Waals surface area (Å²) in [6.07, 6.45) is 0. The zero-order valence-corrected chi connectivity index (χ0v) is 12.9. The second kappa shape index (κ2) is 5.22. The van der Waals surface area contributed by atoms with Gasteiger partial charge in [0.15, 0.2) is 0 Å². The highest BCUT2D eigenvalue weighted by Crippen LogP contribution is 2.34. The number of nitrogens with one attached hydrogen (secondary N) is 1. The van der Waals surface area contributed by atoms with Crippen LogP contribution in [0.2, 0.25) is 0 Å². The first kappa shape index (κ1) is 14.5. The number of benzene rings is 1. The molecule has 20 heavy (non-hydrogen) atoms. The fraction of sp³-hybridized carbons (Fsp3) is 0.200. The molecular weight excluding hydrogens is 323 g/mol. The van der Waals surface area contributed by atoms with Crippen molar-refractivity contribution in [3.8, 4) is 17.2 Å². The summed E-state index contributed by atoms with van der Waals surface area (Å²) >= 11 is 3.20. The molecule has 0 fully saturated rings. The molecule has 0 amide bonds. The summed E-state index contributed by atoms with van der Waals surface area (Å²) in [4.78, 5) is 14.5. The molecule has 1 aromatic heterocycles. The molecular formula is C15H12BrFN2O. The number of nitriles is 1. The molecule has 0 radical (unpaired) electrons. The molecule has 0 aliphatic heterocycles. The van der Waals surface area contributed by atoms with E-state index >= 15 is 0 Å². The molecule has 1 N–H and O–H groups in total. The minimum absolute atomic E-state index is 0.0420. The minimum Gasteiger partial charge on any atom is -0.325 e. The summed E-state index contributed by atoms with van der Waals surface area (Å²) in [6, 6.07) is 5.05. The number of halogens is 2. The molecule has 0 bridgehead atoms. The number of hydrogen-bond donors (Lipinski definition) is 1. The molecule has 102 valence electrons. The summed E-state index contributed by atoms with van der Waals surface area (Å²) in [5.74, 6) is -0.358. The normalized spacial score (nSPS) is 10.4. The molecule has 3 nitrogen and oxygen atoms in total. The first-order chi connectivity index (χ1) is 9.36. The fourth-order valence-corrected chi connectivity index (χ4v) is 2.63. The van der Waals surface area contributed by atoms with Crippen molar-refractivity contribution >= 4 is 15.9 Å². The third kappa shape index (κ3) is 2.27. The van der Waals surface area contributed by atoms with Crippen LogP contribution in [0.25, 0.3) is 11.1 Å². The van der Waals surface area contributed by atoms with E-state index in [9.17, 15) is 14.4 Å². The van der Waals surface area contributed by atoms with Crippen molar-refractivity contribution in [1.29, 1.82) is 5.26 Å². The van der Waals surface area contributed by atoms with Crippen LogP contribution >= 0.6 is 15.9 Å². The largest absolute Gasteiger partial charge is 0.325 e. The Morgan fingerprint density at radius 1 is 1.30 bits per heavy atom. The van der Waals surface area contributed by atoms with Crippen LogP contribution in [-0.4, -0.2) is 4.98 Å². The van der Waals surface area contributed by atoms with Crippen LogP contribution < -0.4 is 5.56 Å². The van der Waals surface area contributed by atoms with E-state index in [1.165, 1.54) is 6.07 Å². The van der Waals surface area contributed by atoms with Gasteiger partial charge in [-0.1, -0.05) is 0 Å². The lowest BCUT2D eigenvalue weighted by Crippen LogP contribution is -2.13. The zero-order chi connectivity index (χ0) is 15.0. The molecule has 5 heteroatoms. The maximum atomic E-state index is 13.7. The first-order valence-electron chi connectivity index (χ1n) is 5.96. The average Bonchev–Trinajstić information content (AvgIpc) is 2.35. The third-order valence-electron chi connectivity index (χ3n) is 3.20. The third-order valence-corrected chi connectivity index (χ3v) is 4.17. The van der Waals surface area contributed by atoms with Crippen molar-refractivity contribution in [3.63, 3.8) is 0 Å². The highest BCUT2D eigenvalue weighted by molar-refractivity contribution is 9.10. The molecule has 1 heterocycles. The predicted molar refractivity (Wildman–Crippen MR) is 79.1 cm³/mol. The Hall–Kier alpha value is -1.93. The van der Waals surface area contributed by atoms with Crippen molar-refractivity contribution in [2.75, 3.05) is 0 Å². The van der Waals surface area contributed by atoms with Crippen LogP contribution in [0.4, 0.5) is 4.39 Å². The summed E-state index contributed by atoms with van der Waals surface area (Å²) < 4.78 is 14.0. The van der Waals surface area contributed by atoms with Gasteiger partial charge in [-0.2, -0.15) is 5.26 Å². The van der Waals surface area contributed by atoms with Crippen LogP contribution in [0.5, 0.6) is 0 Å². The van der Waals surface area contributed by atoms with Crippen LogP contribution in [-0.2, 0) is 0 Å². The molecule has 1 aromatic carbocycles. The van der Waals surface area contributed by atoms with Gasteiger partial charge in [0.25, 0.3) is 5.56 Å². The SMILES string of the molecule is Cc1cc(-c2c(C)cc(F)c(Br)c2C)c(C#N)c(=O)[nH]1. The number of rotatable bonds is 1. The second-order valence-corrected chi connectivity index (χ2v) is 5.46. The average molecular weight is 335 g/mol. The van der Waals surface area contributed by atoms with E-state index in [2.05, 4.69) is 20.9 Å². The van der Waals surface area contributed by atoms with Gasteiger partial charge >= 0.3 is 0 Å². The minimum atomic E-state index is -0.429. The van der Waals surface area contributed by atoms with Crippen molar-refractivity contribution < 1.29 is 4.39 Å². The molecule has 0 atom stereocenters. The number of aryl methyl sites for hydroxylation is 2. The summed E-state index contributed by atoms with van der Waals surface area (Å²) in [5, 5.41) is 9.20. The topological polar surface area (TPSA) is 56.6 Å². The van der Waals surface area contributed by atoms with E-state index in [0.717, 1.165) is 0 Å². The van der Waals surface area contributed by atoms with E-state index in [-0.39, 0.29) is 11.4 Å². The molecule has 0 spiro atoms. The Morgan fingerprint density at radius 2 is 1.95 bits per heavy atom. The Bertz CT molecular complexity index is 803. The predicted octanol–water partition coefficient (Wildman–Crippen LogP) is 3.74. The fourth-order valence-electron chi connectivity index (χ4n) is 2.32. The highest BCUT2D eigenvalue weighted by atomic mass is 79.9. The van der Waals surface area contributed by atoms with E-state index in [0.29, 0.717) is 32.4 Å². The number of aromatic amines is 1. The highest BCUT2D eigenvalue weighted by Gasteiger charge is 2.17. The lowest BCUT2D eigenvalue weighted by atomic mass is 9.93. The van der Waals surface area contributed by atoms with Gasteiger partial charge in [0, 0.05) is 11.3 Å². The van der Waals surface area contributed by atoms with E-state index < -0.39 is 5.56 Å². The number of H-pyrrole nitrogens is 1. The van der Waals surface area contributed by atoms with Gasteiger partial charge in [-0.05, 0) is 65.5 Å². The van der Waals surface area contributed by atoms with E-state index in [1.54, 1.807) is 26.8 Å². The molecule has 0 aliphatic carbocycles. The maximum absolute atomic E-state index is 13.7. The van der Waals surface area contributed by atoms with Crippen molar-refractivity contribution in [1.82, 2.24) is 4.98 Å². The monoisotopic (exact) mass is 334 g/mol. The van der Waals surface area contributed by atoms with Crippen LogP contribution in [0.3, 0.4) is 0 Å². The van der Waals surface area contributed by atoms with Crippen molar-refractivity contribution in [2.45, 2.75) is 20.8 Å². The summed E-state index contributed by atoms with van der Waals surface area (Å²) in [5.41, 5.74) is 2.87. The molecule has 0 unspecified atom stereocenters. The van der Waals surface area contributed by atoms with Gasteiger partial charge < -0.3 is 4.98 Å². The van der Waals surface area contributed by atoms with Crippen LogP contribution in [0.15, 0.2) is 21.4 Å². The number of hydrogen-bond acceptors (Lipinski definition) is 2. The van der Waals surface area contributed by atoms with Gasteiger partial charge in [0.2, 0.25) is 0 Å². The Kier molecular flexibility index (Phi) is 3.78. The zero-order valence-electron chi connectivity index (χ0n) is 11.3. The molecule has 0 aliphatic rings. The quantitative estimate of drug-likeness (QED) is 0.863. The van der Waals surface area contributed by atoms with E-state index in [1.807, 2.05) is 6.07 Å². The molecule has 0 saturated carbocycles. The van der Waals surface area contributed by atoms with Crippen molar-refractivity contribution in [2.24, 2.45) is 0 Å².